The Kier molecular flexibility index (Phi) is 3.58. The summed E-state index contributed by atoms with van der Waals surface area (Å²) < 4.78 is 34.3. The second-order valence-corrected chi connectivity index (χ2v) is 6.37. The van der Waals surface area contributed by atoms with Crippen molar-refractivity contribution in [2.24, 2.45) is 0 Å². The van der Waals surface area contributed by atoms with E-state index in [9.17, 15) is 18.1 Å². The van der Waals surface area contributed by atoms with E-state index in [1.165, 1.54) is 6.07 Å². The van der Waals surface area contributed by atoms with Crippen LogP contribution in [0.25, 0.3) is 32.3 Å². The summed E-state index contributed by atoms with van der Waals surface area (Å²) in [7, 11) is -4.55. The Hall–Kier alpha value is -1.37. The molecule has 0 heterocycles. The van der Waals surface area contributed by atoms with Crippen molar-refractivity contribution >= 4 is 42.4 Å². The molecule has 22 heavy (non-hydrogen) atoms. The zero-order valence-electron chi connectivity index (χ0n) is 11.7. The van der Waals surface area contributed by atoms with Crippen LogP contribution < -0.4 is 29.6 Å². The van der Waals surface area contributed by atoms with Crippen LogP contribution in [0.5, 0.6) is 5.75 Å². The van der Waals surface area contributed by atoms with Gasteiger partial charge in [0.15, 0.2) is 0 Å². The van der Waals surface area contributed by atoms with E-state index in [1.807, 2.05) is 12.1 Å². The Labute approximate surface area is 148 Å². The smallest absolute Gasteiger partial charge is 0.744 e. The molecule has 0 aliphatic rings. The zero-order chi connectivity index (χ0) is 14.8. The second-order valence-electron chi connectivity index (χ2n) is 5.02. The molecule has 0 saturated heterocycles. The number of phenols is 1. The standard InChI is InChI=1S/C16H10O4S.Na/c17-13-7-3-9-1-2-10-4-8-14(21(18,19)20)12-6-5-11(13)15(9)16(10)12;/h1-8,17H,(H,18,19,20);/q;+1/p-1. The largest absolute Gasteiger partial charge is 1.00 e. The Morgan fingerprint density at radius 3 is 1.91 bits per heavy atom. The van der Waals surface area contributed by atoms with Crippen molar-refractivity contribution in [2.75, 3.05) is 0 Å². The van der Waals surface area contributed by atoms with Crippen molar-refractivity contribution in [3.8, 4) is 5.75 Å². The van der Waals surface area contributed by atoms with Gasteiger partial charge in [-0.3, -0.25) is 0 Å². The molecule has 4 rings (SSSR count). The van der Waals surface area contributed by atoms with E-state index in [0.29, 0.717) is 16.2 Å². The Balaban J connectivity index is 0.00000144. The van der Waals surface area contributed by atoms with Crippen molar-refractivity contribution in [1.82, 2.24) is 0 Å². The van der Waals surface area contributed by atoms with E-state index in [2.05, 4.69) is 0 Å². The summed E-state index contributed by atoms with van der Waals surface area (Å²) >= 11 is 0. The molecule has 0 aliphatic heterocycles. The fourth-order valence-corrected chi connectivity index (χ4v) is 3.65. The van der Waals surface area contributed by atoms with Crippen LogP contribution in [-0.4, -0.2) is 18.1 Å². The molecule has 0 atom stereocenters. The van der Waals surface area contributed by atoms with Crippen molar-refractivity contribution in [1.29, 1.82) is 0 Å². The SMILES string of the molecule is O=S(=O)([O-])c1ccc2ccc3ccc(O)c4ccc1c2c34.[Na+]. The molecule has 0 bridgehead atoms. The van der Waals surface area contributed by atoms with Gasteiger partial charge in [-0.1, -0.05) is 30.3 Å². The van der Waals surface area contributed by atoms with Crippen LogP contribution in [0, 0.1) is 0 Å². The first-order valence-electron chi connectivity index (χ1n) is 6.32. The van der Waals surface area contributed by atoms with Gasteiger partial charge in [-0.05, 0) is 34.4 Å². The average molecular weight is 320 g/mol. The van der Waals surface area contributed by atoms with Gasteiger partial charge in [0, 0.05) is 16.2 Å². The van der Waals surface area contributed by atoms with Crippen LogP contribution in [0.4, 0.5) is 0 Å². The summed E-state index contributed by atoms with van der Waals surface area (Å²) in [6, 6.07) is 13.3. The molecule has 0 aromatic heterocycles. The number of hydrogen-bond donors (Lipinski definition) is 1. The molecule has 0 fully saturated rings. The molecular formula is C16H9NaO4S. The molecule has 4 aromatic rings. The molecule has 6 heteroatoms. The first-order valence-corrected chi connectivity index (χ1v) is 7.73. The minimum Gasteiger partial charge on any atom is -0.744 e. The Morgan fingerprint density at radius 1 is 0.773 bits per heavy atom. The molecule has 104 valence electrons. The van der Waals surface area contributed by atoms with Gasteiger partial charge in [-0.25, -0.2) is 8.42 Å². The molecule has 1 N–H and O–H groups in total. The quantitative estimate of drug-likeness (QED) is 0.309. The van der Waals surface area contributed by atoms with Crippen LogP contribution in [0.1, 0.15) is 0 Å². The van der Waals surface area contributed by atoms with E-state index in [4.69, 9.17) is 0 Å². The molecule has 0 radical (unpaired) electrons. The van der Waals surface area contributed by atoms with E-state index in [1.54, 1.807) is 30.3 Å². The van der Waals surface area contributed by atoms with Crippen LogP contribution in [-0.2, 0) is 10.1 Å². The van der Waals surface area contributed by atoms with Crippen molar-refractivity contribution in [3.63, 3.8) is 0 Å². The maximum absolute atomic E-state index is 11.4. The Morgan fingerprint density at radius 2 is 1.27 bits per heavy atom. The summed E-state index contributed by atoms with van der Waals surface area (Å²) in [6.45, 7) is 0. The normalized spacial score (nSPS) is 12.0. The fourth-order valence-electron chi connectivity index (χ4n) is 2.98. The molecule has 0 saturated carbocycles. The average Bonchev–Trinajstić information content (AvgIpc) is 2.45. The molecule has 4 nitrogen and oxygen atoms in total. The number of hydrogen-bond acceptors (Lipinski definition) is 4. The van der Waals surface area contributed by atoms with Gasteiger partial charge < -0.3 is 9.66 Å². The van der Waals surface area contributed by atoms with Gasteiger partial charge in [-0.2, -0.15) is 0 Å². The topological polar surface area (TPSA) is 77.4 Å². The molecule has 0 spiro atoms. The summed E-state index contributed by atoms with van der Waals surface area (Å²) in [5.74, 6) is 0.132. The van der Waals surface area contributed by atoms with E-state index in [0.717, 1.165) is 16.2 Å². The number of phenolic OH excluding ortho intramolecular Hbond substituents is 1. The van der Waals surface area contributed by atoms with Gasteiger partial charge >= 0.3 is 29.6 Å². The van der Waals surface area contributed by atoms with Gasteiger partial charge in [0.05, 0.1) is 4.90 Å². The molecule has 4 aromatic carbocycles. The van der Waals surface area contributed by atoms with Crippen molar-refractivity contribution in [2.45, 2.75) is 4.90 Å². The number of aromatic hydroxyl groups is 1. The van der Waals surface area contributed by atoms with Gasteiger partial charge in [0.2, 0.25) is 0 Å². The summed E-state index contributed by atoms with van der Waals surface area (Å²) in [5.41, 5.74) is 0. The number of rotatable bonds is 1. The third-order valence-corrected chi connectivity index (χ3v) is 4.77. The number of benzene rings is 4. The Bertz CT molecular complexity index is 1120. The summed E-state index contributed by atoms with van der Waals surface area (Å²) in [5, 5.41) is 14.2. The predicted molar refractivity (Wildman–Crippen MR) is 79.8 cm³/mol. The molecule has 0 unspecified atom stereocenters. The third-order valence-electron chi connectivity index (χ3n) is 3.87. The predicted octanol–water partition coefficient (Wildman–Crippen LogP) is 0.198. The second kappa shape index (κ2) is 5.08. The van der Waals surface area contributed by atoms with Crippen LogP contribution in [0.2, 0.25) is 0 Å². The van der Waals surface area contributed by atoms with Gasteiger partial charge in [-0.15, -0.1) is 0 Å². The van der Waals surface area contributed by atoms with Crippen LogP contribution >= 0.6 is 0 Å². The van der Waals surface area contributed by atoms with Gasteiger partial charge in [0.1, 0.15) is 15.9 Å². The maximum Gasteiger partial charge on any atom is 1.00 e. The molecular weight excluding hydrogens is 311 g/mol. The summed E-state index contributed by atoms with van der Waals surface area (Å²) in [6.07, 6.45) is 0. The molecule has 0 amide bonds. The zero-order valence-corrected chi connectivity index (χ0v) is 14.5. The van der Waals surface area contributed by atoms with Gasteiger partial charge in [0.25, 0.3) is 0 Å². The monoisotopic (exact) mass is 320 g/mol. The van der Waals surface area contributed by atoms with E-state index >= 15 is 0 Å². The third kappa shape index (κ3) is 2.09. The first kappa shape index (κ1) is 15.5. The van der Waals surface area contributed by atoms with Crippen molar-refractivity contribution in [3.05, 3.63) is 48.5 Å². The van der Waals surface area contributed by atoms with Crippen molar-refractivity contribution < 1.29 is 47.6 Å². The summed E-state index contributed by atoms with van der Waals surface area (Å²) in [4.78, 5) is -0.229. The fraction of sp³-hybridized carbons (Fsp3) is 0. The minimum absolute atomic E-state index is 0. The molecule has 0 aliphatic carbocycles. The van der Waals surface area contributed by atoms with Crippen LogP contribution in [0.3, 0.4) is 0 Å². The van der Waals surface area contributed by atoms with E-state index in [-0.39, 0.29) is 40.2 Å². The minimum atomic E-state index is -4.55. The van der Waals surface area contributed by atoms with E-state index < -0.39 is 10.1 Å². The van der Waals surface area contributed by atoms with Crippen LogP contribution in [0.15, 0.2) is 53.4 Å². The first-order chi connectivity index (χ1) is 9.97. The maximum atomic E-state index is 11.4.